The first-order valence-corrected chi connectivity index (χ1v) is 8.09. The summed E-state index contributed by atoms with van der Waals surface area (Å²) in [7, 11) is 3.10. The van der Waals surface area contributed by atoms with E-state index in [1.165, 1.54) is 19.4 Å². The summed E-state index contributed by atoms with van der Waals surface area (Å²) in [6, 6.07) is 10.6. The number of ether oxygens (including phenoxy) is 1. The second-order valence-corrected chi connectivity index (χ2v) is 6.04. The number of hydrogen-bond acceptors (Lipinski definition) is 4. The summed E-state index contributed by atoms with van der Waals surface area (Å²) in [5.74, 6) is -0.176. The van der Waals surface area contributed by atoms with Crippen LogP contribution >= 0.6 is 0 Å². The van der Waals surface area contributed by atoms with Crippen LogP contribution in [-0.4, -0.2) is 27.4 Å². The Labute approximate surface area is 150 Å². The molecule has 0 saturated carbocycles. The molecule has 0 radical (unpaired) electrons. The number of carbonyl (C=O) groups is 1. The first-order chi connectivity index (χ1) is 12.4. The highest BCUT2D eigenvalue weighted by atomic mass is 16.5. The van der Waals surface area contributed by atoms with Gasteiger partial charge in [-0.1, -0.05) is 0 Å². The van der Waals surface area contributed by atoms with E-state index in [1.807, 2.05) is 36.7 Å². The number of nitrogens with one attached hydrogen (secondary N) is 1. The van der Waals surface area contributed by atoms with E-state index >= 15 is 0 Å². The largest absolute Gasteiger partial charge is 0.491 e. The van der Waals surface area contributed by atoms with Gasteiger partial charge in [0.2, 0.25) is 5.43 Å². The Morgan fingerprint density at radius 3 is 2.42 bits per heavy atom. The van der Waals surface area contributed by atoms with Crippen LogP contribution in [0.1, 0.15) is 21.9 Å². The number of amides is 1. The summed E-state index contributed by atoms with van der Waals surface area (Å²) in [6.07, 6.45) is 1.49. The van der Waals surface area contributed by atoms with Crippen LogP contribution in [0.5, 0.6) is 5.75 Å². The second-order valence-electron chi connectivity index (χ2n) is 6.04. The van der Waals surface area contributed by atoms with E-state index in [4.69, 9.17) is 4.74 Å². The van der Waals surface area contributed by atoms with Gasteiger partial charge in [0.15, 0.2) is 5.75 Å². The lowest BCUT2D eigenvalue weighted by atomic mass is 10.2. The minimum absolute atomic E-state index is 0.193. The lowest BCUT2D eigenvalue weighted by Gasteiger charge is -2.11. The van der Waals surface area contributed by atoms with Gasteiger partial charge in [0.05, 0.1) is 24.7 Å². The molecule has 7 nitrogen and oxygen atoms in total. The molecule has 3 rings (SSSR count). The van der Waals surface area contributed by atoms with Crippen molar-refractivity contribution >= 4 is 11.6 Å². The number of aryl methyl sites for hydroxylation is 3. The molecule has 26 heavy (non-hydrogen) atoms. The minimum Gasteiger partial charge on any atom is -0.491 e. The number of anilines is 1. The minimum atomic E-state index is -0.369. The van der Waals surface area contributed by atoms with Crippen molar-refractivity contribution in [2.45, 2.75) is 13.8 Å². The number of methoxy groups -OCH3 is 1. The zero-order valence-electron chi connectivity index (χ0n) is 15.1. The molecule has 0 fully saturated rings. The van der Waals surface area contributed by atoms with Gasteiger partial charge in [0, 0.05) is 24.5 Å². The van der Waals surface area contributed by atoms with Gasteiger partial charge in [-0.25, -0.2) is 4.68 Å². The van der Waals surface area contributed by atoms with E-state index in [9.17, 15) is 9.59 Å². The van der Waals surface area contributed by atoms with Gasteiger partial charge in [0.1, 0.15) is 5.69 Å². The molecular formula is C19H20N4O3. The number of aromatic nitrogens is 3. The summed E-state index contributed by atoms with van der Waals surface area (Å²) in [5, 5.41) is 7.23. The Kier molecular flexibility index (Phi) is 4.62. The van der Waals surface area contributed by atoms with Crippen LogP contribution in [-0.2, 0) is 7.05 Å². The van der Waals surface area contributed by atoms with E-state index < -0.39 is 0 Å². The molecule has 7 heteroatoms. The number of benzene rings is 1. The van der Waals surface area contributed by atoms with Crippen LogP contribution in [0.4, 0.5) is 5.69 Å². The van der Waals surface area contributed by atoms with Gasteiger partial charge in [-0.05, 0) is 44.2 Å². The Bertz CT molecular complexity index is 1020. The fraction of sp³-hybridized carbons (Fsp3) is 0.211. The van der Waals surface area contributed by atoms with Crippen molar-refractivity contribution in [1.29, 1.82) is 0 Å². The molecule has 0 atom stereocenters. The fourth-order valence-corrected chi connectivity index (χ4v) is 2.76. The van der Waals surface area contributed by atoms with Gasteiger partial charge < -0.3 is 14.6 Å². The third-order valence-electron chi connectivity index (χ3n) is 4.03. The molecule has 134 valence electrons. The highest BCUT2D eigenvalue weighted by molar-refractivity contribution is 6.03. The van der Waals surface area contributed by atoms with Gasteiger partial charge in [-0.3, -0.25) is 9.59 Å². The SMILES string of the molecule is COc1cn(C)c(C(=O)Nc2ccc(-n3nc(C)cc3C)cc2)cc1=O. The molecule has 3 aromatic rings. The molecule has 0 spiro atoms. The summed E-state index contributed by atoms with van der Waals surface area (Å²) in [5.41, 5.74) is 3.43. The van der Waals surface area contributed by atoms with Crippen LogP contribution in [0.25, 0.3) is 5.69 Å². The molecule has 1 N–H and O–H groups in total. The lowest BCUT2D eigenvalue weighted by Crippen LogP contribution is -2.21. The molecule has 1 amide bonds. The van der Waals surface area contributed by atoms with Crippen LogP contribution < -0.4 is 15.5 Å². The summed E-state index contributed by atoms with van der Waals surface area (Å²) >= 11 is 0. The van der Waals surface area contributed by atoms with Crippen LogP contribution in [0.3, 0.4) is 0 Å². The smallest absolute Gasteiger partial charge is 0.272 e. The number of carbonyl (C=O) groups excluding carboxylic acids is 1. The van der Waals surface area contributed by atoms with Gasteiger partial charge in [0.25, 0.3) is 5.91 Å². The van der Waals surface area contributed by atoms with E-state index in [-0.39, 0.29) is 22.8 Å². The topological polar surface area (TPSA) is 78.2 Å². The lowest BCUT2D eigenvalue weighted by molar-refractivity contribution is 0.101. The molecule has 2 aromatic heterocycles. The number of rotatable bonds is 4. The zero-order chi connectivity index (χ0) is 18.8. The first kappa shape index (κ1) is 17.5. The predicted molar refractivity (Wildman–Crippen MR) is 99.2 cm³/mol. The Morgan fingerprint density at radius 1 is 1.15 bits per heavy atom. The monoisotopic (exact) mass is 352 g/mol. The third kappa shape index (κ3) is 3.37. The standard InChI is InChI=1S/C19H20N4O3/c1-12-9-13(2)23(21-12)15-7-5-14(6-8-15)20-19(25)16-10-17(24)18(26-4)11-22(16)3/h5-11H,1-4H3,(H,20,25). The Morgan fingerprint density at radius 2 is 1.85 bits per heavy atom. The fourth-order valence-electron chi connectivity index (χ4n) is 2.76. The summed E-state index contributed by atoms with van der Waals surface area (Å²) in [6.45, 7) is 3.93. The average molecular weight is 352 g/mol. The van der Waals surface area contributed by atoms with Crippen LogP contribution in [0, 0.1) is 13.8 Å². The number of nitrogens with zero attached hydrogens (tertiary/aromatic N) is 3. The third-order valence-corrected chi connectivity index (χ3v) is 4.03. The number of pyridine rings is 1. The maximum Gasteiger partial charge on any atom is 0.272 e. The number of hydrogen-bond donors (Lipinski definition) is 1. The molecule has 1 aromatic carbocycles. The molecular weight excluding hydrogens is 332 g/mol. The zero-order valence-corrected chi connectivity index (χ0v) is 15.1. The van der Waals surface area contributed by atoms with E-state index in [0.29, 0.717) is 5.69 Å². The van der Waals surface area contributed by atoms with Crippen LogP contribution in [0.2, 0.25) is 0 Å². The van der Waals surface area contributed by atoms with Crippen molar-refractivity contribution in [1.82, 2.24) is 14.3 Å². The quantitative estimate of drug-likeness (QED) is 0.782. The van der Waals surface area contributed by atoms with Crippen molar-refractivity contribution in [3.8, 4) is 11.4 Å². The maximum atomic E-state index is 12.5. The van der Waals surface area contributed by atoms with Gasteiger partial charge in [-0.15, -0.1) is 0 Å². The Balaban J connectivity index is 1.81. The normalized spacial score (nSPS) is 10.6. The van der Waals surface area contributed by atoms with E-state index in [1.54, 1.807) is 23.7 Å². The van der Waals surface area contributed by atoms with Crippen molar-refractivity contribution in [3.05, 3.63) is 69.9 Å². The molecule has 0 aliphatic heterocycles. The van der Waals surface area contributed by atoms with E-state index in [2.05, 4.69) is 10.4 Å². The van der Waals surface area contributed by atoms with Crippen molar-refractivity contribution in [2.24, 2.45) is 7.05 Å². The second kappa shape index (κ2) is 6.87. The predicted octanol–water partition coefficient (Wildman–Crippen LogP) is 2.45. The van der Waals surface area contributed by atoms with Crippen molar-refractivity contribution < 1.29 is 9.53 Å². The van der Waals surface area contributed by atoms with Crippen LogP contribution in [0.15, 0.2) is 47.4 Å². The Hall–Kier alpha value is -3.35. The highest BCUT2D eigenvalue weighted by Gasteiger charge is 2.13. The maximum absolute atomic E-state index is 12.5. The van der Waals surface area contributed by atoms with E-state index in [0.717, 1.165) is 17.1 Å². The first-order valence-electron chi connectivity index (χ1n) is 8.09. The molecule has 2 heterocycles. The molecule has 0 bridgehead atoms. The van der Waals surface area contributed by atoms with Gasteiger partial charge in [-0.2, -0.15) is 5.10 Å². The van der Waals surface area contributed by atoms with Crippen molar-refractivity contribution in [3.63, 3.8) is 0 Å². The van der Waals surface area contributed by atoms with Gasteiger partial charge >= 0.3 is 0 Å². The highest BCUT2D eigenvalue weighted by Crippen LogP contribution is 2.16. The average Bonchev–Trinajstić information content (AvgIpc) is 2.95. The van der Waals surface area contributed by atoms with Crippen molar-refractivity contribution in [2.75, 3.05) is 12.4 Å². The molecule has 0 aliphatic carbocycles. The molecule has 0 aliphatic rings. The molecule has 0 saturated heterocycles. The summed E-state index contributed by atoms with van der Waals surface area (Å²) < 4.78 is 8.37. The summed E-state index contributed by atoms with van der Waals surface area (Å²) in [4.78, 5) is 24.4. The molecule has 0 unspecified atom stereocenters.